The van der Waals surface area contributed by atoms with E-state index in [1.807, 2.05) is 0 Å². The Hall–Kier alpha value is -1.55. The lowest BCUT2D eigenvalue weighted by atomic mass is 9.92. The second-order valence-corrected chi connectivity index (χ2v) is 5.41. The van der Waals surface area contributed by atoms with Gasteiger partial charge in [0.1, 0.15) is 5.75 Å². The standard InChI is InChI=1S/C14H18N2O2/c17-11-3-1-2-10(8-11)16-13(18)12-9-14(12)4-6-15-7-5-14/h1-3,8,12,15,17H,4-7,9H2,(H,16,18). The summed E-state index contributed by atoms with van der Waals surface area (Å²) in [5.41, 5.74) is 0.933. The molecule has 1 aromatic carbocycles. The largest absolute Gasteiger partial charge is 0.508 e. The van der Waals surface area contributed by atoms with E-state index >= 15 is 0 Å². The molecule has 1 atom stereocenters. The number of piperidine rings is 1. The van der Waals surface area contributed by atoms with Crippen molar-refractivity contribution in [3.05, 3.63) is 24.3 Å². The van der Waals surface area contributed by atoms with Gasteiger partial charge in [0.25, 0.3) is 0 Å². The van der Waals surface area contributed by atoms with E-state index in [1.54, 1.807) is 24.3 Å². The fourth-order valence-corrected chi connectivity index (χ4v) is 3.01. The van der Waals surface area contributed by atoms with Crippen molar-refractivity contribution in [2.75, 3.05) is 18.4 Å². The van der Waals surface area contributed by atoms with E-state index in [1.165, 1.54) is 0 Å². The molecule has 1 saturated heterocycles. The molecule has 1 unspecified atom stereocenters. The molecule has 1 spiro atoms. The van der Waals surface area contributed by atoms with Gasteiger partial charge in [-0.1, -0.05) is 6.07 Å². The molecule has 2 fully saturated rings. The average molecular weight is 246 g/mol. The molecular weight excluding hydrogens is 228 g/mol. The van der Waals surface area contributed by atoms with Gasteiger partial charge in [0.15, 0.2) is 0 Å². The van der Waals surface area contributed by atoms with Crippen molar-refractivity contribution in [2.24, 2.45) is 11.3 Å². The topological polar surface area (TPSA) is 61.4 Å². The maximum atomic E-state index is 12.1. The van der Waals surface area contributed by atoms with Crippen LogP contribution >= 0.6 is 0 Å². The highest BCUT2D eigenvalue weighted by atomic mass is 16.3. The van der Waals surface area contributed by atoms with Gasteiger partial charge in [0.2, 0.25) is 5.91 Å². The zero-order valence-corrected chi connectivity index (χ0v) is 10.3. The van der Waals surface area contributed by atoms with Gasteiger partial charge in [-0.2, -0.15) is 0 Å². The smallest absolute Gasteiger partial charge is 0.228 e. The van der Waals surface area contributed by atoms with Crippen LogP contribution in [0.3, 0.4) is 0 Å². The summed E-state index contributed by atoms with van der Waals surface area (Å²) < 4.78 is 0. The van der Waals surface area contributed by atoms with E-state index in [0.29, 0.717) is 5.69 Å². The van der Waals surface area contributed by atoms with Crippen LogP contribution in [0.1, 0.15) is 19.3 Å². The molecule has 1 aliphatic heterocycles. The Kier molecular flexibility index (Phi) is 2.74. The lowest BCUT2D eigenvalue weighted by molar-refractivity contribution is -0.118. The Morgan fingerprint density at radius 3 is 2.89 bits per heavy atom. The van der Waals surface area contributed by atoms with Gasteiger partial charge in [0, 0.05) is 17.7 Å². The monoisotopic (exact) mass is 246 g/mol. The third-order valence-electron chi connectivity index (χ3n) is 4.22. The molecule has 18 heavy (non-hydrogen) atoms. The second-order valence-electron chi connectivity index (χ2n) is 5.41. The van der Waals surface area contributed by atoms with Gasteiger partial charge in [-0.25, -0.2) is 0 Å². The summed E-state index contributed by atoms with van der Waals surface area (Å²) in [5, 5.41) is 15.6. The predicted molar refractivity (Wildman–Crippen MR) is 69.4 cm³/mol. The van der Waals surface area contributed by atoms with Crippen LogP contribution in [0.5, 0.6) is 5.75 Å². The van der Waals surface area contributed by atoms with Crippen LogP contribution < -0.4 is 10.6 Å². The molecule has 0 aromatic heterocycles. The summed E-state index contributed by atoms with van der Waals surface area (Å²) in [6.45, 7) is 2.05. The van der Waals surface area contributed by atoms with Gasteiger partial charge < -0.3 is 15.7 Å². The van der Waals surface area contributed by atoms with Crippen molar-refractivity contribution in [1.29, 1.82) is 0 Å². The number of aromatic hydroxyl groups is 1. The normalized spacial score (nSPS) is 24.8. The number of phenols is 1. The summed E-state index contributed by atoms with van der Waals surface area (Å²) in [6.07, 6.45) is 3.22. The van der Waals surface area contributed by atoms with E-state index in [2.05, 4.69) is 10.6 Å². The fourth-order valence-electron chi connectivity index (χ4n) is 3.01. The Labute approximate surface area is 106 Å². The van der Waals surface area contributed by atoms with Gasteiger partial charge >= 0.3 is 0 Å². The summed E-state index contributed by atoms with van der Waals surface area (Å²) in [7, 11) is 0. The first-order valence-electron chi connectivity index (χ1n) is 6.50. The Morgan fingerprint density at radius 1 is 1.39 bits per heavy atom. The van der Waals surface area contributed by atoms with Crippen LogP contribution in [0.15, 0.2) is 24.3 Å². The molecule has 4 heteroatoms. The number of hydrogen-bond acceptors (Lipinski definition) is 3. The maximum absolute atomic E-state index is 12.1. The molecule has 4 nitrogen and oxygen atoms in total. The minimum absolute atomic E-state index is 0.0995. The lowest BCUT2D eigenvalue weighted by Crippen LogP contribution is -2.31. The number of benzene rings is 1. The summed E-state index contributed by atoms with van der Waals surface area (Å²) >= 11 is 0. The van der Waals surface area contributed by atoms with Crippen molar-refractivity contribution < 1.29 is 9.90 Å². The number of rotatable bonds is 2. The zero-order chi connectivity index (χ0) is 12.6. The minimum Gasteiger partial charge on any atom is -0.508 e. The van der Waals surface area contributed by atoms with Crippen molar-refractivity contribution in [1.82, 2.24) is 5.32 Å². The maximum Gasteiger partial charge on any atom is 0.228 e. The molecule has 1 amide bonds. The molecule has 0 radical (unpaired) electrons. The Bertz CT molecular complexity index is 467. The number of carbonyl (C=O) groups excluding carboxylic acids is 1. The average Bonchev–Trinajstić information content (AvgIpc) is 3.04. The molecule has 3 rings (SSSR count). The van der Waals surface area contributed by atoms with Crippen LogP contribution in [0.2, 0.25) is 0 Å². The van der Waals surface area contributed by atoms with E-state index in [4.69, 9.17) is 0 Å². The number of carbonyl (C=O) groups is 1. The van der Waals surface area contributed by atoms with Crippen LogP contribution in [-0.2, 0) is 4.79 Å². The highest BCUT2D eigenvalue weighted by molar-refractivity contribution is 5.95. The number of anilines is 1. The molecule has 96 valence electrons. The van der Waals surface area contributed by atoms with Crippen LogP contribution in [0.25, 0.3) is 0 Å². The molecule has 2 aliphatic rings. The quantitative estimate of drug-likeness (QED) is 0.744. The third kappa shape index (κ3) is 2.08. The lowest BCUT2D eigenvalue weighted by Gasteiger charge is -2.23. The van der Waals surface area contributed by atoms with Crippen LogP contribution in [0.4, 0.5) is 5.69 Å². The highest BCUT2D eigenvalue weighted by Crippen LogP contribution is 2.58. The van der Waals surface area contributed by atoms with Crippen molar-refractivity contribution >= 4 is 11.6 Å². The Balaban J connectivity index is 1.63. The molecule has 1 aromatic rings. The van der Waals surface area contributed by atoms with Gasteiger partial charge in [-0.15, -0.1) is 0 Å². The molecule has 0 bridgehead atoms. The van der Waals surface area contributed by atoms with Crippen molar-refractivity contribution in [2.45, 2.75) is 19.3 Å². The van der Waals surface area contributed by atoms with E-state index < -0.39 is 0 Å². The van der Waals surface area contributed by atoms with Gasteiger partial charge in [0.05, 0.1) is 0 Å². The van der Waals surface area contributed by atoms with Crippen LogP contribution in [-0.4, -0.2) is 24.1 Å². The first-order chi connectivity index (χ1) is 8.70. The third-order valence-corrected chi connectivity index (χ3v) is 4.22. The van der Waals surface area contributed by atoms with Gasteiger partial charge in [-0.3, -0.25) is 4.79 Å². The number of nitrogens with one attached hydrogen (secondary N) is 2. The van der Waals surface area contributed by atoms with E-state index in [9.17, 15) is 9.90 Å². The van der Waals surface area contributed by atoms with E-state index in [-0.39, 0.29) is 23.0 Å². The second kappa shape index (κ2) is 4.28. The first kappa shape index (κ1) is 11.5. The number of phenolic OH excluding ortho intramolecular Hbond substituents is 1. The molecule has 3 N–H and O–H groups in total. The Morgan fingerprint density at radius 2 is 2.17 bits per heavy atom. The molecular formula is C14H18N2O2. The van der Waals surface area contributed by atoms with Crippen LogP contribution in [0, 0.1) is 11.3 Å². The zero-order valence-electron chi connectivity index (χ0n) is 10.3. The minimum atomic E-state index is 0.0995. The highest BCUT2D eigenvalue weighted by Gasteiger charge is 2.57. The number of hydrogen-bond donors (Lipinski definition) is 3. The predicted octanol–water partition coefficient (Wildman–Crippen LogP) is 1.72. The first-order valence-corrected chi connectivity index (χ1v) is 6.50. The van der Waals surface area contributed by atoms with Crippen molar-refractivity contribution in [3.63, 3.8) is 0 Å². The number of amides is 1. The van der Waals surface area contributed by atoms with Crippen molar-refractivity contribution in [3.8, 4) is 5.75 Å². The molecule has 1 heterocycles. The summed E-state index contributed by atoms with van der Waals surface area (Å²) in [6, 6.07) is 6.71. The summed E-state index contributed by atoms with van der Waals surface area (Å²) in [5.74, 6) is 0.435. The van der Waals surface area contributed by atoms with Gasteiger partial charge in [-0.05, 0) is 49.9 Å². The molecule has 1 aliphatic carbocycles. The SMILES string of the molecule is O=C(Nc1cccc(O)c1)C1CC12CCNCC2. The summed E-state index contributed by atoms with van der Waals surface area (Å²) in [4.78, 5) is 12.1. The van der Waals surface area contributed by atoms with E-state index in [0.717, 1.165) is 32.4 Å². The fraction of sp³-hybridized carbons (Fsp3) is 0.500. The molecule has 1 saturated carbocycles.